The maximum Gasteiger partial charge on any atom is 0.138 e. The summed E-state index contributed by atoms with van der Waals surface area (Å²) in [6.45, 7) is 0. The highest BCUT2D eigenvalue weighted by molar-refractivity contribution is 7.25. The molecule has 40 heavy (non-hydrogen) atoms. The van der Waals surface area contributed by atoms with Crippen molar-refractivity contribution in [2.75, 3.05) is 4.90 Å². The summed E-state index contributed by atoms with van der Waals surface area (Å²) < 4.78 is 15.1. The summed E-state index contributed by atoms with van der Waals surface area (Å²) in [4.78, 5) is 10.9. The van der Waals surface area contributed by atoms with Gasteiger partial charge in [-0.05, 0) is 60.7 Å². The molecule has 6 heteroatoms. The fourth-order valence-electron chi connectivity index (χ4n) is 5.80. The normalized spacial score (nSPS) is 12.0. The molecule has 0 fully saturated rings. The van der Waals surface area contributed by atoms with Crippen LogP contribution in [-0.4, -0.2) is 9.97 Å². The molecular formula is C34H19N3O2S. The second kappa shape index (κ2) is 8.15. The van der Waals surface area contributed by atoms with Gasteiger partial charge in [-0.1, -0.05) is 18.2 Å². The molecule has 0 spiro atoms. The van der Waals surface area contributed by atoms with Crippen molar-refractivity contribution in [3.63, 3.8) is 0 Å². The van der Waals surface area contributed by atoms with Crippen molar-refractivity contribution < 1.29 is 8.83 Å². The first-order valence-corrected chi connectivity index (χ1v) is 13.9. The van der Waals surface area contributed by atoms with E-state index < -0.39 is 0 Å². The van der Waals surface area contributed by atoms with Crippen molar-refractivity contribution in [3.05, 3.63) is 116 Å². The number of fused-ring (bicyclic) bond motifs is 9. The van der Waals surface area contributed by atoms with Gasteiger partial charge in [0.1, 0.15) is 22.3 Å². The Morgan fingerprint density at radius 3 is 1.73 bits per heavy atom. The summed E-state index contributed by atoms with van der Waals surface area (Å²) in [5.74, 6) is 0. The summed E-state index contributed by atoms with van der Waals surface area (Å²) in [7, 11) is 0. The molecule has 0 atom stereocenters. The molecule has 0 amide bonds. The van der Waals surface area contributed by atoms with Crippen LogP contribution in [0.25, 0.3) is 64.0 Å². The summed E-state index contributed by atoms with van der Waals surface area (Å²) in [5, 5.41) is 6.63. The number of anilines is 3. The van der Waals surface area contributed by atoms with Crippen LogP contribution in [0.15, 0.2) is 125 Å². The average molecular weight is 534 g/mol. The summed E-state index contributed by atoms with van der Waals surface area (Å²) >= 11 is 1.82. The van der Waals surface area contributed by atoms with Crippen LogP contribution >= 0.6 is 11.3 Å². The summed E-state index contributed by atoms with van der Waals surface area (Å²) in [6, 6.07) is 31.9. The number of furan rings is 2. The molecular weight excluding hydrogens is 514 g/mol. The van der Waals surface area contributed by atoms with Crippen molar-refractivity contribution >= 4 is 92.4 Å². The minimum absolute atomic E-state index is 0.823. The van der Waals surface area contributed by atoms with E-state index in [0.29, 0.717) is 0 Å². The van der Waals surface area contributed by atoms with E-state index in [9.17, 15) is 0 Å². The number of pyridine rings is 2. The molecule has 0 N–H and O–H groups in total. The Morgan fingerprint density at radius 2 is 1.05 bits per heavy atom. The van der Waals surface area contributed by atoms with Crippen molar-refractivity contribution in [3.8, 4) is 0 Å². The fourth-order valence-corrected chi connectivity index (χ4v) is 6.88. The molecule has 0 aliphatic rings. The van der Waals surface area contributed by atoms with Gasteiger partial charge in [0.05, 0.1) is 0 Å². The maximum absolute atomic E-state index is 6.25. The molecule has 0 radical (unpaired) electrons. The number of benzene rings is 4. The Hall–Kier alpha value is -5.20. The van der Waals surface area contributed by atoms with E-state index in [1.165, 1.54) is 20.2 Å². The molecule has 0 aliphatic heterocycles. The lowest BCUT2D eigenvalue weighted by Crippen LogP contribution is -2.09. The van der Waals surface area contributed by atoms with Crippen LogP contribution in [0.5, 0.6) is 0 Å². The van der Waals surface area contributed by atoms with Gasteiger partial charge in [0, 0.05) is 95.7 Å². The van der Waals surface area contributed by atoms with Crippen LogP contribution in [0, 0.1) is 0 Å². The highest BCUT2D eigenvalue weighted by Gasteiger charge is 2.18. The Kier molecular flexibility index (Phi) is 4.42. The van der Waals surface area contributed by atoms with Crippen molar-refractivity contribution in [2.24, 2.45) is 0 Å². The van der Waals surface area contributed by atoms with Crippen molar-refractivity contribution in [1.82, 2.24) is 9.97 Å². The molecule has 9 aromatic rings. The van der Waals surface area contributed by atoms with Gasteiger partial charge in [0.25, 0.3) is 0 Å². The molecule has 5 aromatic heterocycles. The Labute approximate surface area is 231 Å². The minimum atomic E-state index is 0.823. The van der Waals surface area contributed by atoms with Gasteiger partial charge in [-0.15, -0.1) is 11.3 Å². The molecule has 0 unspecified atom stereocenters. The molecule has 9 rings (SSSR count). The van der Waals surface area contributed by atoms with Crippen molar-refractivity contribution in [2.45, 2.75) is 0 Å². The maximum atomic E-state index is 6.25. The van der Waals surface area contributed by atoms with Crippen LogP contribution in [0.2, 0.25) is 0 Å². The third kappa shape index (κ3) is 3.14. The lowest BCUT2D eigenvalue weighted by atomic mass is 10.1. The predicted octanol–water partition coefficient (Wildman–Crippen LogP) is 10.1. The number of thiophene rings is 1. The van der Waals surface area contributed by atoms with Crippen LogP contribution < -0.4 is 4.90 Å². The summed E-state index contributed by atoms with van der Waals surface area (Å²) in [6.07, 6.45) is 7.24. The average Bonchev–Trinajstić information content (AvgIpc) is 3.67. The van der Waals surface area contributed by atoms with E-state index >= 15 is 0 Å². The molecule has 5 heterocycles. The number of aromatic nitrogens is 2. The zero-order valence-corrected chi connectivity index (χ0v) is 21.9. The zero-order valence-electron chi connectivity index (χ0n) is 21.0. The number of hydrogen-bond donors (Lipinski definition) is 0. The van der Waals surface area contributed by atoms with Crippen molar-refractivity contribution in [1.29, 1.82) is 0 Å². The van der Waals surface area contributed by atoms with E-state index in [1.54, 1.807) is 12.4 Å². The van der Waals surface area contributed by atoms with Crippen LogP contribution in [-0.2, 0) is 0 Å². The lowest BCUT2D eigenvalue weighted by molar-refractivity contribution is 0.668. The molecule has 0 saturated carbocycles. The van der Waals surface area contributed by atoms with Gasteiger partial charge in [-0.3, -0.25) is 9.97 Å². The lowest BCUT2D eigenvalue weighted by Gasteiger charge is -2.25. The minimum Gasteiger partial charge on any atom is -0.456 e. The van der Waals surface area contributed by atoms with Gasteiger partial charge in [-0.2, -0.15) is 0 Å². The van der Waals surface area contributed by atoms with E-state index in [0.717, 1.165) is 60.9 Å². The van der Waals surface area contributed by atoms with Gasteiger partial charge in [0.15, 0.2) is 0 Å². The largest absolute Gasteiger partial charge is 0.456 e. The third-order valence-electron chi connectivity index (χ3n) is 7.65. The highest BCUT2D eigenvalue weighted by atomic mass is 32.1. The van der Waals surface area contributed by atoms with E-state index in [2.05, 4.69) is 93.7 Å². The smallest absolute Gasteiger partial charge is 0.138 e. The zero-order chi connectivity index (χ0) is 26.2. The molecule has 0 aliphatic carbocycles. The summed E-state index contributed by atoms with van der Waals surface area (Å²) in [5.41, 5.74) is 6.36. The second-order valence-electron chi connectivity index (χ2n) is 9.92. The Bertz CT molecular complexity index is 2300. The number of nitrogens with zero attached hydrogens (tertiary/aromatic N) is 3. The predicted molar refractivity (Wildman–Crippen MR) is 164 cm³/mol. The third-order valence-corrected chi connectivity index (χ3v) is 8.80. The molecule has 0 bridgehead atoms. The number of rotatable bonds is 3. The second-order valence-corrected chi connectivity index (χ2v) is 11.0. The van der Waals surface area contributed by atoms with Gasteiger partial charge in [0.2, 0.25) is 0 Å². The molecule has 4 aromatic carbocycles. The Morgan fingerprint density at radius 1 is 0.475 bits per heavy atom. The monoisotopic (exact) mass is 533 g/mol. The van der Waals surface area contributed by atoms with E-state index in [1.807, 2.05) is 35.9 Å². The molecule has 0 saturated heterocycles. The molecule has 5 nitrogen and oxygen atoms in total. The quantitative estimate of drug-likeness (QED) is 0.226. The SMILES string of the molecule is c1ccc2c(c1)sc1ccc(N(c3ccc4c(c3)oc3ccncc34)c3ccc4c(c3)oc3ccncc34)cc12. The first-order valence-electron chi connectivity index (χ1n) is 13.0. The van der Waals surface area contributed by atoms with Crippen LogP contribution in [0.1, 0.15) is 0 Å². The van der Waals surface area contributed by atoms with Crippen LogP contribution in [0.3, 0.4) is 0 Å². The highest BCUT2D eigenvalue weighted by Crippen LogP contribution is 2.43. The van der Waals surface area contributed by atoms with Gasteiger partial charge >= 0.3 is 0 Å². The fraction of sp³-hybridized carbons (Fsp3) is 0. The topological polar surface area (TPSA) is 55.3 Å². The van der Waals surface area contributed by atoms with Gasteiger partial charge < -0.3 is 13.7 Å². The first kappa shape index (κ1) is 21.7. The van der Waals surface area contributed by atoms with E-state index in [-0.39, 0.29) is 0 Å². The van der Waals surface area contributed by atoms with Crippen LogP contribution in [0.4, 0.5) is 17.1 Å². The standard InChI is InChI=1S/C34H19N3O2S/c1-2-4-33-25(3-1)26-15-20(7-10-34(26)40-33)37(21-5-8-23-27-18-35-13-11-29(27)38-31(23)16-21)22-6-9-24-28-19-36-14-12-30(28)39-32(24)17-22/h1-19H. The Balaban J connectivity index is 1.30. The first-order chi connectivity index (χ1) is 19.8. The van der Waals surface area contributed by atoms with Gasteiger partial charge in [-0.25, -0.2) is 0 Å². The number of hydrogen-bond acceptors (Lipinski definition) is 6. The van der Waals surface area contributed by atoms with E-state index in [4.69, 9.17) is 8.83 Å². The molecule has 188 valence electrons.